The lowest BCUT2D eigenvalue weighted by molar-refractivity contribution is -0.126. The maximum absolute atomic E-state index is 12.5. The van der Waals surface area contributed by atoms with Crippen LogP contribution < -0.4 is 15.1 Å². The van der Waals surface area contributed by atoms with Gasteiger partial charge in [-0.3, -0.25) is 14.4 Å². The van der Waals surface area contributed by atoms with E-state index in [-0.39, 0.29) is 36.2 Å². The largest absolute Gasteiger partial charge is 0.376 e. The minimum Gasteiger partial charge on any atom is -0.376 e. The van der Waals surface area contributed by atoms with E-state index < -0.39 is 0 Å². The van der Waals surface area contributed by atoms with Gasteiger partial charge in [-0.1, -0.05) is 6.92 Å². The number of ether oxygens (including phenoxy) is 1. The summed E-state index contributed by atoms with van der Waals surface area (Å²) in [7, 11) is 0. The molecule has 0 bridgehead atoms. The van der Waals surface area contributed by atoms with Crippen LogP contribution in [0.2, 0.25) is 0 Å². The zero-order valence-electron chi connectivity index (χ0n) is 16.3. The van der Waals surface area contributed by atoms with Crippen LogP contribution in [0.4, 0.5) is 11.4 Å². The third-order valence-corrected chi connectivity index (χ3v) is 5.90. The van der Waals surface area contributed by atoms with E-state index >= 15 is 0 Å². The summed E-state index contributed by atoms with van der Waals surface area (Å²) >= 11 is 0. The first-order chi connectivity index (χ1) is 13.6. The summed E-state index contributed by atoms with van der Waals surface area (Å²) in [6.07, 6.45) is 3.62. The molecule has 0 aromatic heterocycles. The Hall–Kier alpha value is -2.41. The zero-order chi connectivity index (χ0) is 19.7. The van der Waals surface area contributed by atoms with Crippen molar-refractivity contribution in [3.8, 4) is 0 Å². The molecule has 3 amide bonds. The molecular formula is C21H27N3O4. The van der Waals surface area contributed by atoms with E-state index in [9.17, 15) is 14.4 Å². The molecule has 3 aliphatic rings. The van der Waals surface area contributed by atoms with Crippen LogP contribution in [0, 0.1) is 5.92 Å². The van der Waals surface area contributed by atoms with Crippen LogP contribution in [0.15, 0.2) is 18.2 Å². The SMILES string of the molecule is CCC(=O)N1CCc2cc(N3CC(C(=O)NCC4CCCO4)CC3=O)ccc21. The summed E-state index contributed by atoms with van der Waals surface area (Å²) in [6, 6.07) is 5.79. The van der Waals surface area contributed by atoms with Crippen molar-refractivity contribution in [2.45, 2.75) is 45.1 Å². The van der Waals surface area contributed by atoms with Crippen molar-refractivity contribution in [1.82, 2.24) is 5.32 Å². The van der Waals surface area contributed by atoms with Crippen LogP contribution in [0.5, 0.6) is 0 Å². The fraction of sp³-hybridized carbons (Fsp3) is 0.571. The Kier molecular flexibility index (Phi) is 5.35. The molecule has 0 spiro atoms. The van der Waals surface area contributed by atoms with Gasteiger partial charge in [0.25, 0.3) is 0 Å². The molecule has 0 saturated carbocycles. The molecule has 28 heavy (non-hydrogen) atoms. The highest BCUT2D eigenvalue weighted by atomic mass is 16.5. The van der Waals surface area contributed by atoms with E-state index in [0.717, 1.165) is 42.8 Å². The molecule has 1 aromatic rings. The third-order valence-electron chi connectivity index (χ3n) is 5.90. The number of nitrogens with zero attached hydrogens (tertiary/aromatic N) is 2. The lowest BCUT2D eigenvalue weighted by atomic mass is 10.1. The Labute approximate surface area is 165 Å². The first-order valence-electron chi connectivity index (χ1n) is 10.2. The van der Waals surface area contributed by atoms with Gasteiger partial charge in [0.1, 0.15) is 0 Å². The van der Waals surface area contributed by atoms with Gasteiger partial charge in [0.2, 0.25) is 17.7 Å². The van der Waals surface area contributed by atoms with Crippen molar-refractivity contribution in [3.05, 3.63) is 23.8 Å². The summed E-state index contributed by atoms with van der Waals surface area (Å²) in [5, 5.41) is 2.94. The standard InChI is InChI=1S/C21H27N3O4/c1-2-19(25)23-8-7-14-10-16(5-6-18(14)23)24-13-15(11-20(24)26)21(27)22-12-17-4-3-9-28-17/h5-6,10,15,17H,2-4,7-9,11-13H2,1H3,(H,22,27). The van der Waals surface area contributed by atoms with E-state index in [2.05, 4.69) is 5.32 Å². The monoisotopic (exact) mass is 385 g/mol. The van der Waals surface area contributed by atoms with E-state index in [1.54, 1.807) is 4.90 Å². The number of nitrogens with one attached hydrogen (secondary N) is 1. The highest BCUT2D eigenvalue weighted by Crippen LogP contribution is 2.34. The molecule has 3 heterocycles. The number of rotatable bonds is 5. The highest BCUT2D eigenvalue weighted by Gasteiger charge is 2.36. The Morgan fingerprint density at radius 2 is 2.18 bits per heavy atom. The Morgan fingerprint density at radius 3 is 2.93 bits per heavy atom. The zero-order valence-corrected chi connectivity index (χ0v) is 16.3. The van der Waals surface area contributed by atoms with E-state index in [0.29, 0.717) is 26.1 Å². The van der Waals surface area contributed by atoms with E-state index in [4.69, 9.17) is 4.74 Å². The number of benzene rings is 1. The Balaban J connectivity index is 1.40. The maximum Gasteiger partial charge on any atom is 0.227 e. The second-order valence-corrected chi connectivity index (χ2v) is 7.75. The van der Waals surface area contributed by atoms with Gasteiger partial charge in [-0.05, 0) is 43.0 Å². The second kappa shape index (κ2) is 7.91. The van der Waals surface area contributed by atoms with Gasteiger partial charge < -0.3 is 19.9 Å². The highest BCUT2D eigenvalue weighted by molar-refractivity contribution is 6.01. The molecule has 1 aromatic carbocycles. The van der Waals surface area contributed by atoms with Crippen molar-refractivity contribution in [3.63, 3.8) is 0 Å². The number of amides is 3. The third kappa shape index (κ3) is 3.63. The number of anilines is 2. The summed E-state index contributed by atoms with van der Waals surface area (Å²) in [4.78, 5) is 40.6. The maximum atomic E-state index is 12.5. The lowest BCUT2D eigenvalue weighted by Crippen LogP contribution is -2.37. The molecule has 0 radical (unpaired) electrons. The van der Waals surface area contributed by atoms with Gasteiger partial charge in [-0.2, -0.15) is 0 Å². The summed E-state index contributed by atoms with van der Waals surface area (Å²) in [5.74, 6) is -0.323. The van der Waals surface area contributed by atoms with Gasteiger partial charge in [0, 0.05) is 50.5 Å². The molecule has 2 fully saturated rings. The fourth-order valence-electron chi connectivity index (χ4n) is 4.30. The molecule has 150 valence electrons. The van der Waals surface area contributed by atoms with Crippen LogP contribution in [0.1, 0.15) is 38.2 Å². The molecular weight excluding hydrogens is 358 g/mol. The smallest absolute Gasteiger partial charge is 0.227 e. The number of hydrogen-bond donors (Lipinski definition) is 1. The van der Waals surface area contributed by atoms with Crippen molar-refractivity contribution in [1.29, 1.82) is 0 Å². The van der Waals surface area contributed by atoms with Gasteiger partial charge in [-0.25, -0.2) is 0 Å². The van der Waals surface area contributed by atoms with E-state index in [1.807, 2.05) is 30.0 Å². The molecule has 7 heteroatoms. The van der Waals surface area contributed by atoms with Gasteiger partial charge in [0.05, 0.1) is 12.0 Å². The molecule has 2 unspecified atom stereocenters. The normalized spacial score (nSPS) is 24.0. The van der Waals surface area contributed by atoms with Crippen molar-refractivity contribution in [2.24, 2.45) is 5.92 Å². The number of carbonyl (C=O) groups is 3. The molecule has 0 aliphatic carbocycles. The number of fused-ring (bicyclic) bond motifs is 1. The molecule has 2 atom stereocenters. The average Bonchev–Trinajstić information content (AvgIpc) is 3.44. The summed E-state index contributed by atoms with van der Waals surface area (Å²) in [6.45, 7) is 4.22. The van der Waals surface area contributed by atoms with E-state index in [1.165, 1.54) is 0 Å². The van der Waals surface area contributed by atoms with Crippen molar-refractivity contribution < 1.29 is 19.1 Å². The van der Waals surface area contributed by atoms with Crippen molar-refractivity contribution in [2.75, 3.05) is 36.0 Å². The van der Waals surface area contributed by atoms with Crippen LogP contribution >= 0.6 is 0 Å². The first-order valence-corrected chi connectivity index (χ1v) is 10.2. The molecule has 1 N–H and O–H groups in total. The first kappa shape index (κ1) is 18.9. The molecule has 7 nitrogen and oxygen atoms in total. The predicted octanol–water partition coefficient (Wildman–Crippen LogP) is 1.63. The van der Waals surface area contributed by atoms with Crippen LogP contribution in [0.25, 0.3) is 0 Å². The van der Waals surface area contributed by atoms with Crippen LogP contribution in [-0.4, -0.2) is 50.1 Å². The lowest BCUT2D eigenvalue weighted by Gasteiger charge is -2.20. The number of hydrogen-bond acceptors (Lipinski definition) is 4. The number of carbonyl (C=O) groups excluding carboxylic acids is 3. The Morgan fingerprint density at radius 1 is 1.32 bits per heavy atom. The molecule has 4 rings (SSSR count). The predicted molar refractivity (Wildman–Crippen MR) is 105 cm³/mol. The van der Waals surface area contributed by atoms with Gasteiger partial charge >= 0.3 is 0 Å². The topological polar surface area (TPSA) is 79.0 Å². The summed E-state index contributed by atoms with van der Waals surface area (Å²) in [5.41, 5.74) is 2.83. The van der Waals surface area contributed by atoms with Crippen LogP contribution in [-0.2, 0) is 25.5 Å². The van der Waals surface area contributed by atoms with Gasteiger partial charge in [0.15, 0.2) is 0 Å². The quantitative estimate of drug-likeness (QED) is 0.836. The van der Waals surface area contributed by atoms with Crippen molar-refractivity contribution >= 4 is 29.1 Å². The van der Waals surface area contributed by atoms with Gasteiger partial charge in [-0.15, -0.1) is 0 Å². The molecule has 2 saturated heterocycles. The minimum atomic E-state index is -0.333. The molecule has 3 aliphatic heterocycles. The minimum absolute atomic E-state index is 0.0308. The van der Waals surface area contributed by atoms with Crippen LogP contribution in [0.3, 0.4) is 0 Å². The average molecular weight is 385 g/mol. The second-order valence-electron chi connectivity index (χ2n) is 7.75. The summed E-state index contributed by atoms with van der Waals surface area (Å²) < 4.78 is 5.53. The fourth-order valence-corrected chi connectivity index (χ4v) is 4.30. The Bertz CT molecular complexity index is 788.